The van der Waals surface area contributed by atoms with E-state index in [-0.39, 0.29) is 23.9 Å². The summed E-state index contributed by atoms with van der Waals surface area (Å²) >= 11 is 0. The van der Waals surface area contributed by atoms with Crippen LogP contribution in [0.5, 0.6) is 5.75 Å². The second-order valence-electron chi connectivity index (χ2n) is 8.45. The van der Waals surface area contributed by atoms with E-state index < -0.39 is 16.1 Å². The topological polar surface area (TPSA) is 84.7 Å². The van der Waals surface area contributed by atoms with Crippen molar-refractivity contribution in [2.24, 2.45) is 0 Å². The van der Waals surface area contributed by atoms with Crippen LogP contribution in [0.15, 0.2) is 65.6 Å². The molecule has 1 aliphatic heterocycles. The van der Waals surface area contributed by atoms with E-state index in [2.05, 4.69) is 5.10 Å². The Balaban J connectivity index is 1.42. The fourth-order valence-electron chi connectivity index (χ4n) is 4.25. The smallest absolute Gasteiger partial charge is 0.263 e. The quantitative estimate of drug-likeness (QED) is 0.517. The summed E-state index contributed by atoms with van der Waals surface area (Å²) in [7, 11) is -3.73. The molecule has 1 saturated heterocycles. The van der Waals surface area contributed by atoms with E-state index in [9.17, 15) is 13.2 Å². The summed E-state index contributed by atoms with van der Waals surface area (Å²) in [5.41, 5.74) is 2.15. The Morgan fingerprint density at radius 3 is 2.18 bits per heavy atom. The monoisotopic (exact) mass is 482 g/mol. The maximum Gasteiger partial charge on any atom is 0.263 e. The largest absolute Gasteiger partial charge is 0.481 e. The number of sulfonamides is 1. The highest BCUT2D eigenvalue weighted by molar-refractivity contribution is 7.89. The first kappa shape index (κ1) is 24.0. The zero-order valence-electron chi connectivity index (χ0n) is 19.7. The Morgan fingerprint density at radius 1 is 0.971 bits per heavy atom. The SMILES string of the molecule is Cc1nn(Cc2ccccc2)c(C)c1S(=O)(=O)N1CCN(C(=O)C(C)Oc2ccccc2)CC1. The van der Waals surface area contributed by atoms with Gasteiger partial charge in [-0.05, 0) is 38.5 Å². The third-order valence-corrected chi connectivity index (χ3v) is 8.19. The molecule has 0 N–H and O–H groups in total. The first-order valence-electron chi connectivity index (χ1n) is 11.4. The number of carbonyl (C=O) groups excluding carboxylic acids is 1. The van der Waals surface area contributed by atoms with Gasteiger partial charge in [-0.2, -0.15) is 9.40 Å². The maximum absolute atomic E-state index is 13.5. The Bertz CT molecular complexity index is 1230. The second-order valence-corrected chi connectivity index (χ2v) is 10.3. The predicted molar refractivity (Wildman–Crippen MR) is 129 cm³/mol. The van der Waals surface area contributed by atoms with Crippen molar-refractivity contribution in [3.8, 4) is 5.75 Å². The number of hydrogen-bond donors (Lipinski definition) is 0. The number of benzene rings is 2. The highest BCUT2D eigenvalue weighted by Gasteiger charge is 2.35. The molecule has 1 unspecified atom stereocenters. The molecular weight excluding hydrogens is 452 g/mol. The van der Waals surface area contributed by atoms with Gasteiger partial charge < -0.3 is 9.64 Å². The number of piperazine rings is 1. The average molecular weight is 483 g/mol. The third-order valence-electron chi connectivity index (χ3n) is 6.04. The molecule has 1 atom stereocenters. The van der Waals surface area contributed by atoms with Crippen LogP contribution < -0.4 is 4.74 Å². The fourth-order valence-corrected chi connectivity index (χ4v) is 6.05. The highest BCUT2D eigenvalue weighted by atomic mass is 32.2. The molecule has 4 rings (SSSR count). The molecule has 0 bridgehead atoms. The molecule has 1 amide bonds. The number of aryl methyl sites for hydroxylation is 1. The second kappa shape index (κ2) is 9.99. The summed E-state index contributed by atoms with van der Waals surface area (Å²) in [6.45, 7) is 6.83. The van der Waals surface area contributed by atoms with Gasteiger partial charge in [0.05, 0.1) is 17.9 Å². The van der Waals surface area contributed by atoms with Crippen LogP contribution in [0, 0.1) is 13.8 Å². The minimum Gasteiger partial charge on any atom is -0.481 e. The van der Waals surface area contributed by atoms with Crippen molar-refractivity contribution in [2.75, 3.05) is 26.2 Å². The van der Waals surface area contributed by atoms with Gasteiger partial charge in [-0.1, -0.05) is 48.5 Å². The molecule has 180 valence electrons. The number of ether oxygens (including phenoxy) is 1. The average Bonchev–Trinajstić information content (AvgIpc) is 3.13. The zero-order chi connectivity index (χ0) is 24.3. The van der Waals surface area contributed by atoms with E-state index >= 15 is 0 Å². The third kappa shape index (κ3) is 5.00. The van der Waals surface area contributed by atoms with Gasteiger partial charge in [0.2, 0.25) is 10.0 Å². The minimum atomic E-state index is -3.73. The van der Waals surface area contributed by atoms with Crippen molar-refractivity contribution in [1.29, 1.82) is 0 Å². The minimum absolute atomic E-state index is 0.149. The molecule has 0 spiro atoms. The molecule has 8 nitrogen and oxygen atoms in total. The van der Waals surface area contributed by atoms with Gasteiger partial charge in [0.25, 0.3) is 5.91 Å². The lowest BCUT2D eigenvalue weighted by molar-refractivity contribution is -0.139. The Hall–Kier alpha value is -3.17. The van der Waals surface area contributed by atoms with Crippen molar-refractivity contribution >= 4 is 15.9 Å². The first-order valence-corrected chi connectivity index (χ1v) is 12.8. The summed E-state index contributed by atoms with van der Waals surface area (Å²) < 4.78 is 35.9. The molecule has 2 aromatic carbocycles. The van der Waals surface area contributed by atoms with Gasteiger partial charge in [-0.25, -0.2) is 8.42 Å². The van der Waals surface area contributed by atoms with Gasteiger partial charge in [0, 0.05) is 26.2 Å². The van der Waals surface area contributed by atoms with E-state index in [0.717, 1.165) is 5.56 Å². The van der Waals surface area contributed by atoms with Gasteiger partial charge in [0.1, 0.15) is 10.6 Å². The fraction of sp³-hybridized carbons (Fsp3) is 0.360. The summed E-state index contributed by atoms with van der Waals surface area (Å²) in [4.78, 5) is 14.8. The molecule has 3 aromatic rings. The standard InChI is InChI=1S/C25H30N4O4S/c1-19-24(20(2)29(26-19)18-22-10-6-4-7-11-22)34(31,32)28-16-14-27(15-17-28)25(30)21(3)33-23-12-8-5-9-13-23/h4-13,21H,14-18H2,1-3H3. The molecular formula is C25H30N4O4S. The van der Waals surface area contributed by atoms with Crippen molar-refractivity contribution in [3.63, 3.8) is 0 Å². The van der Waals surface area contributed by atoms with Crippen LogP contribution in [0.2, 0.25) is 0 Å². The van der Waals surface area contributed by atoms with Crippen LogP contribution >= 0.6 is 0 Å². The van der Waals surface area contributed by atoms with Gasteiger partial charge in [-0.3, -0.25) is 9.48 Å². The van der Waals surface area contributed by atoms with Gasteiger partial charge in [0.15, 0.2) is 6.10 Å². The summed E-state index contributed by atoms with van der Waals surface area (Å²) in [5, 5.41) is 4.50. The van der Waals surface area contributed by atoms with Crippen LogP contribution in [-0.4, -0.2) is 65.6 Å². The number of para-hydroxylation sites is 1. The van der Waals surface area contributed by atoms with Crippen molar-refractivity contribution < 1.29 is 17.9 Å². The Kier molecular flexibility index (Phi) is 7.04. The molecule has 0 aliphatic carbocycles. The van der Waals surface area contributed by atoms with Crippen LogP contribution in [-0.2, 0) is 21.4 Å². The van der Waals surface area contributed by atoms with Crippen LogP contribution in [0.3, 0.4) is 0 Å². The Morgan fingerprint density at radius 2 is 1.56 bits per heavy atom. The van der Waals surface area contributed by atoms with Crippen molar-refractivity contribution in [1.82, 2.24) is 19.0 Å². The van der Waals surface area contributed by atoms with Gasteiger partial charge in [-0.15, -0.1) is 0 Å². The van der Waals surface area contributed by atoms with Crippen molar-refractivity contribution in [3.05, 3.63) is 77.6 Å². The lowest BCUT2D eigenvalue weighted by Crippen LogP contribution is -2.53. The molecule has 9 heteroatoms. The zero-order valence-corrected chi connectivity index (χ0v) is 20.5. The number of aromatic nitrogens is 2. The molecule has 0 saturated carbocycles. The van der Waals surface area contributed by atoms with E-state index in [1.54, 1.807) is 42.5 Å². The van der Waals surface area contributed by atoms with Crippen LogP contribution in [0.4, 0.5) is 0 Å². The van der Waals surface area contributed by atoms with Crippen molar-refractivity contribution in [2.45, 2.75) is 38.3 Å². The molecule has 34 heavy (non-hydrogen) atoms. The summed E-state index contributed by atoms with van der Waals surface area (Å²) in [6, 6.07) is 19.0. The Labute approximate surface area is 200 Å². The van der Waals surface area contributed by atoms with E-state index in [1.165, 1.54) is 4.31 Å². The molecule has 0 radical (unpaired) electrons. The number of amides is 1. The molecule has 1 fully saturated rings. The number of hydrogen-bond acceptors (Lipinski definition) is 5. The van der Waals surface area contributed by atoms with E-state index in [1.807, 2.05) is 48.5 Å². The van der Waals surface area contributed by atoms with Crippen LogP contribution in [0.25, 0.3) is 0 Å². The summed E-state index contributed by atoms with van der Waals surface area (Å²) in [6.07, 6.45) is -0.647. The lowest BCUT2D eigenvalue weighted by atomic mass is 10.2. The van der Waals surface area contributed by atoms with Gasteiger partial charge >= 0.3 is 0 Å². The first-order chi connectivity index (χ1) is 16.3. The normalized spacial score (nSPS) is 15.8. The molecule has 1 aromatic heterocycles. The number of nitrogens with zero attached hydrogens (tertiary/aromatic N) is 4. The van der Waals surface area contributed by atoms with Crippen LogP contribution in [0.1, 0.15) is 23.9 Å². The molecule has 2 heterocycles. The number of carbonyl (C=O) groups is 1. The maximum atomic E-state index is 13.5. The van der Waals surface area contributed by atoms with E-state index in [4.69, 9.17) is 4.74 Å². The molecule has 1 aliphatic rings. The van der Waals surface area contributed by atoms with E-state index in [0.29, 0.717) is 36.8 Å². The lowest BCUT2D eigenvalue weighted by Gasteiger charge is -2.35. The summed E-state index contributed by atoms with van der Waals surface area (Å²) in [5.74, 6) is 0.479. The number of rotatable bonds is 7. The predicted octanol–water partition coefficient (Wildman–Crippen LogP) is 2.85. The highest BCUT2D eigenvalue weighted by Crippen LogP contribution is 2.25.